The van der Waals surface area contributed by atoms with Crippen LogP contribution in [0.4, 0.5) is 5.69 Å². The zero-order valence-electron chi connectivity index (χ0n) is 12.9. The predicted molar refractivity (Wildman–Crippen MR) is 85.4 cm³/mol. The summed E-state index contributed by atoms with van der Waals surface area (Å²) in [5.41, 5.74) is 1.13. The lowest BCUT2D eigenvalue weighted by Crippen LogP contribution is -2.54. The lowest BCUT2D eigenvalue weighted by molar-refractivity contribution is -0.130. The Morgan fingerprint density at radius 1 is 1.17 bits per heavy atom. The Bertz CT molecular complexity index is 753. The number of carbonyl (C=O) groups is 2. The van der Waals surface area contributed by atoms with Gasteiger partial charge in [0, 0.05) is 31.2 Å². The number of aromatic nitrogens is 2. The molecule has 2 fully saturated rings. The maximum atomic E-state index is 12.6. The molecule has 0 unspecified atom stereocenters. The van der Waals surface area contributed by atoms with Crippen LogP contribution in [0.3, 0.4) is 0 Å². The van der Waals surface area contributed by atoms with E-state index >= 15 is 0 Å². The molecule has 0 N–H and O–H groups in total. The summed E-state index contributed by atoms with van der Waals surface area (Å²) in [4.78, 5) is 36.4. The first kappa shape index (κ1) is 14.8. The molecule has 0 bridgehead atoms. The lowest BCUT2D eigenvalue weighted by Gasteiger charge is -2.36. The van der Waals surface area contributed by atoms with Gasteiger partial charge in [-0.3, -0.25) is 14.6 Å². The third kappa shape index (κ3) is 2.52. The molecule has 2 amide bonds. The molecule has 0 aliphatic carbocycles. The average Bonchev–Trinajstić information content (AvgIpc) is 3.06. The fourth-order valence-electron chi connectivity index (χ4n) is 3.26. The number of benzene rings is 1. The maximum absolute atomic E-state index is 12.6. The molecule has 0 radical (unpaired) electrons. The minimum atomic E-state index is -0.193. The number of fused-ring (bicyclic) bond motifs is 1. The van der Waals surface area contributed by atoms with Crippen LogP contribution < -0.4 is 4.90 Å². The van der Waals surface area contributed by atoms with Gasteiger partial charge in [0.1, 0.15) is 12.3 Å². The van der Waals surface area contributed by atoms with E-state index in [2.05, 4.69) is 9.97 Å². The first-order chi connectivity index (χ1) is 11.7. The van der Waals surface area contributed by atoms with Crippen molar-refractivity contribution in [2.24, 2.45) is 0 Å². The van der Waals surface area contributed by atoms with Gasteiger partial charge in [-0.25, -0.2) is 4.98 Å². The maximum Gasteiger partial charge on any atom is 0.274 e. The van der Waals surface area contributed by atoms with Gasteiger partial charge in [-0.1, -0.05) is 18.2 Å². The van der Waals surface area contributed by atoms with Gasteiger partial charge in [0.2, 0.25) is 0 Å². The molecular weight excluding hydrogens is 308 g/mol. The van der Waals surface area contributed by atoms with Crippen LogP contribution in [-0.4, -0.2) is 58.5 Å². The number of carbonyl (C=O) groups excluding carboxylic acids is 2. The summed E-state index contributed by atoms with van der Waals surface area (Å²) in [6.07, 6.45) is 4.28. The topological polar surface area (TPSA) is 75.6 Å². The quantitative estimate of drug-likeness (QED) is 0.814. The molecule has 4 rings (SSSR count). The van der Waals surface area contributed by atoms with Crippen LogP contribution in [0, 0.1) is 0 Å². The molecule has 24 heavy (non-hydrogen) atoms. The number of likely N-dealkylation sites (tertiary alicyclic amines) is 1. The van der Waals surface area contributed by atoms with Gasteiger partial charge in [-0.15, -0.1) is 0 Å². The molecule has 2 atom stereocenters. The van der Waals surface area contributed by atoms with E-state index < -0.39 is 0 Å². The minimum absolute atomic E-state index is 0.0310. The number of nitrogens with zero attached hydrogens (tertiary/aromatic N) is 4. The van der Waals surface area contributed by atoms with Crippen LogP contribution in [0.15, 0.2) is 48.9 Å². The summed E-state index contributed by atoms with van der Waals surface area (Å²) in [6, 6.07) is 9.30. The van der Waals surface area contributed by atoms with Crippen molar-refractivity contribution in [3.63, 3.8) is 0 Å². The number of para-hydroxylation sites is 1. The number of amides is 2. The van der Waals surface area contributed by atoms with Crippen molar-refractivity contribution >= 4 is 17.5 Å². The Balaban J connectivity index is 1.59. The van der Waals surface area contributed by atoms with Gasteiger partial charge in [-0.05, 0) is 12.1 Å². The van der Waals surface area contributed by atoms with Crippen molar-refractivity contribution in [1.29, 1.82) is 0 Å². The zero-order chi connectivity index (χ0) is 16.5. The molecule has 3 heterocycles. The van der Waals surface area contributed by atoms with Gasteiger partial charge < -0.3 is 14.5 Å². The highest BCUT2D eigenvalue weighted by molar-refractivity contribution is 5.97. The molecular formula is C17H16N4O3. The first-order valence-corrected chi connectivity index (χ1v) is 7.78. The van der Waals surface area contributed by atoms with Crippen molar-refractivity contribution in [2.45, 2.75) is 12.1 Å². The molecule has 2 aromatic rings. The average molecular weight is 324 g/mol. The number of rotatable bonds is 2. The van der Waals surface area contributed by atoms with Gasteiger partial charge in [0.25, 0.3) is 11.8 Å². The Labute approximate surface area is 138 Å². The van der Waals surface area contributed by atoms with Crippen molar-refractivity contribution in [2.75, 3.05) is 24.6 Å². The summed E-state index contributed by atoms with van der Waals surface area (Å²) >= 11 is 0. The number of morpholine rings is 1. The number of hydrogen-bond donors (Lipinski definition) is 0. The van der Waals surface area contributed by atoms with Crippen molar-refractivity contribution in [3.05, 3.63) is 54.6 Å². The molecule has 2 aliphatic heterocycles. The monoisotopic (exact) mass is 324 g/mol. The fourth-order valence-corrected chi connectivity index (χ4v) is 3.26. The Kier molecular flexibility index (Phi) is 3.70. The van der Waals surface area contributed by atoms with Crippen LogP contribution in [0.2, 0.25) is 0 Å². The third-order valence-corrected chi connectivity index (χ3v) is 4.36. The number of hydrogen-bond acceptors (Lipinski definition) is 5. The molecule has 0 spiro atoms. The van der Waals surface area contributed by atoms with E-state index in [1.54, 1.807) is 9.80 Å². The molecule has 7 heteroatoms. The first-order valence-electron chi connectivity index (χ1n) is 7.78. The summed E-state index contributed by atoms with van der Waals surface area (Å²) in [5.74, 6) is -0.280. The van der Waals surface area contributed by atoms with E-state index in [4.69, 9.17) is 4.74 Å². The van der Waals surface area contributed by atoms with Crippen molar-refractivity contribution < 1.29 is 14.3 Å². The smallest absolute Gasteiger partial charge is 0.274 e. The van der Waals surface area contributed by atoms with E-state index in [-0.39, 0.29) is 30.6 Å². The molecule has 1 aromatic carbocycles. The summed E-state index contributed by atoms with van der Waals surface area (Å²) in [6.45, 7) is 0.890. The third-order valence-electron chi connectivity index (χ3n) is 4.36. The van der Waals surface area contributed by atoms with Gasteiger partial charge in [0.15, 0.2) is 0 Å². The van der Waals surface area contributed by atoms with Gasteiger partial charge >= 0.3 is 0 Å². The molecule has 122 valence electrons. The summed E-state index contributed by atoms with van der Waals surface area (Å²) in [7, 11) is 0. The van der Waals surface area contributed by atoms with Crippen LogP contribution in [0.25, 0.3) is 0 Å². The predicted octanol–water partition coefficient (Wildman–Crippen LogP) is 0.733. The second kappa shape index (κ2) is 6.01. The van der Waals surface area contributed by atoms with E-state index in [0.29, 0.717) is 18.8 Å². The highest BCUT2D eigenvalue weighted by atomic mass is 16.5. The molecule has 0 saturated carbocycles. The minimum Gasteiger partial charge on any atom is -0.364 e. The molecule has 2 aliphatic rings. The largest absolute Gasteiger partial charge is 0.364 e. The highest BCUT2D eigenvalue weighted by Gasteiger charge is 2.45. The Morgan fingerprint density at radius 2 is 2.00 bits per heavy atom. The van der Waals surface area contributed by atoms with Crippen molar-refractivity contribution in [3.8, 4) is 0 Å². The number of ether oxygens (including phenoxy) is 1. The van der Waals surface area contributed by atoms with Gasteiger partial charge in [0.05, 0.1) is 18.3 Å². The van der Waals surface area contributed by atoms with E-state index in [1.165, 1.54) is 18.6 Å². The molecule has 7 nitrogen and oxygen atoms in total. The van der Waals surface area contributed by atoms with E-state index in [1.807, 2.05) is 30.3 Å². The standard InChI is InChI=1S/C17H16N4O3/c22-16-11-24-15-10-20(17(23)13-8-18-6-7-19-13)9-14(15)21(16)12-4-2-1-3-5-12/h1-8,14-15H,9-11H2/t14-,15+/m1/s1. The zero-order valence-corrected chi connectivity index (χ0v) is 12.9. The Hall–Kier alpha value is -2.80. The van der Waals surface area contributed by atoms with Crippen LogP contribution in [-0.2, 0) is 9.53 Å². The normalized spacial score (nSPS) is 23.2. The van der Waals surface area contributed by atoms with Gasteiger partial charge in [-0.2, -0.15) is 0 Å². The van der Waals surface area contributed by atoms with E-state index in [0.717, 1.165) is 5.69 Å². The summed E-state index contributed by atoms with van der Waals surface area (Å²) < 4.78 is 5.66. The second-order valence-electron chi connectivity index (χ2n) is 5.82. The molecule has 2 saturated heterocycles. The van der Waals surface area contributed by atoms with Crippen LogP contribution in [0.1, 0.15) is 10.5 Å². The van der Waals surface area contributed by atoms with Crippen LogP contribution >= 0.6 is 0 Å². The highest BCUT2D eigenvalue weighted by Crippen LogP contribution is 2.29. The van der Waals surface area contributed by atoms with Crippen LogP contribution in [0.5, 0.6) is 0 Å². The lowest BCUT2D eigenvalue weighted by atomic mass is 10.1. The molecule has 1 aromatic heterocycles. The number of anilines is 1. The SMILES string of the molecule is O=C(c1cnccn1)N1C[C@@H]2OCC(=O)N(c3ccccc3)[C@@H]2C1. The summed E-state index contributed by atoms with van der Waals surface area (Å²) in [5, 5.41) is 0. The Morgan fingerprint density at radius 3 is 2.75 bits per heavy atom. The second-order valence-corrected chi connectivity index (χ2v) is 5.82. The van der Waals surface area contributed by atoms with E-state index in [9.17, 15) is 9.59 Å². The fraction of sp³-hybridized carbons (Fsp3) is 0.294. The van der Waals surface area contributed by atoms with Crippen molar-refractivity contribution in [1.82, 2.24) is 14.9 Å².